The molecule has 0 spiro atoms. The van der Waals surface area contributed by atoms with Crippen LogP contribution in [-0.4, -0.2) is 25.2 Å². The smallest absolute Gasteiger partial charge is 0.410 e. The van der Waals surface area contributed by atoms with Crippen molar-refractivity contribution >= 4 is 23.4 Å². The summed E-state index contributed by atoms with van der Waals surface area (Å²) in [6.07, 6.45) is -0.530. The molecular formula is C21H23ClN2O2. The van der Waals surface area contributed by atoms with Crippen molar-refractivity contribution in [2.24, 2.45) is 0 Å². The van der Waals surface area contributed by atoms with Gasteiger partial charge in [0.25, 0.3) is 0 Å². The zero-order chi connectivity index (χ0) is 18.9. The van der Waals surface area contributed by atoms with Crippen LogP contribution in [-0.2, 0) is 0 Å². The third kappa shape index (κ3) is 5.72. The Hall–Kier alpha value is -2.64. The van der Waals surface area contributed by atoms with Crippen molar-refractivity contribution in [2.45, 2.75) is 26.8 Å². The second-order valence-corrected chi connectivity index (χ2v) is 6.08. The van der Waals surface area contributed by atoms with E-state index in [2.05, 4.69) is 35.9 Å². The predicted molar refractivity (Wildman–Crippen MR) is 107 cm³/mol. The van der Waals surface area contributed by atoms with E-state index in [-0.39, 0.29) is 6.04 Å². The third-order valence-electron chi connectivity index (χ3n) is 3.77. The van der Waals surface area contributed by atoms with Crippen LogP contribution in [0.5, 0.6) is 5.75 Å². The summed E-state index contributed by atoms with van der Waals surface area (Å²) in [6, 6.07) is 14.3. The SMILES string of the molecule is CCN(CC)c1cc(C#CC(C)NC(=O)Oc2ccccc2)ccc1Cl. The topological polar surface area (TPSA) is 41.6 Å². The number of nitrogens with zero attached hydrogens (tertiary/aromatic N) is 1. The number of hydrogen-bond donors (Lipinski definition) is 1. The molecule has 0 aliphatic heterocycles. The molecule has 0 saturated heterocycles. The highest BCUT2D eigenvalue weighted by atomic mass is 35.5. The maximum absolute atomic E-state index is 11.9. The first-order valence-corrected chi connectivity index (χ1v) is 9.00. The Labute approximate surface area is 160 Å². The monoisotopic (exact) mass is 370 g/mol. The van der Waals surface area contributed by atoms with Gasteiger partial charge in [-0.15, -0.1) is 0 Å². The number of para-hydroxylation sites is 1. The average molecular weight is 371 g/mol. The molecule has 1 amide bonds. The fourth-order valence-electron chi connectivity index (χ4n) is 2.43. The number of carbonyl (C=O) groups excluding carboxylic acids is 1. The lowest BCUT2D eigenvalue weighted by molar-refractivity contribution is 0.199. The lowest BCUT2D eigenvalue weighted by Crippen LogP contribution is -2.33. The molecule has 1 N–H and O–H groups in total. The van der Waals surface area contributed by atoms with Crippen molar-refractivity contribution in [1.82, 2.24) is 5.32 Å². The molecule has 26 heavy (non-hydrogen) atoms. The first-order valence-electron chi connectivity index (χ1n) is 8.63. The first kappa shape index (κ1) is 19.7. The Kier molecular flexibility index (Phi) is 7.37. The lowest BCUT2D eigenvalue weighted by atomic mass is 10.1. The van der Waals surface area contributed by atoms with Crippen molar-refractivity contribution in [2.75, 3.05) is 18.0 Å². The summed E-state index contributed by atoms with van der Waals surface area (Å²) < 4.78 is 5.19. The zero-order valence-electron chi connectivity index (χ0n) is 15.3. The van der Waals surface area contributed by atoms with Crippen LogP contribution in [0.2, 0.25) is 5.02 Å². The Bertz CT molecular complexity index is 793. The Morgan fingerprint density at radius 1 is 1.19 bits per heavy atom. The molecule has 1 atom stereocenters. The molecule has 5 heteroatoms. The molecule has 0 radical (unpaired) electrons. The number of anilines is 1. The van der Waals surface area contributed by atoms with Crippen LogP contribution in [0.4, 0.5) is 10.5 Å². The van der Waals surface area contributed by atoms with E-state index >= 15 is 0 Å². The minimum Gasteiger partial charge on any atom is -0.410 e. The Balaban J connectivity index is 2.01. The van der Waals surface area contributed by atoms with Crippen LogP contribution in [0, 0.1) is 11.8 Å². The normalized spacial score (nSPS) is 11.1. The highest BCUT2D eigenvalue weighted by Gasteiger charge is 2.08. The van der Waals surface area contributed by atoms with Crippen molar-refractivity contribution in [3.63, 3.8) is 0 Å². The van der Waals surface area contributed by atoms with Gasteiger partial charge in [0.05, 0.1) is 16.8 Å². The van der Waals surface area contributed by atoms with E-state index in [1.807, 2.05) is 24.3 Å². The third-order valence-corrected chi connectivity index (χ3v) is 4.09. The van der Waals surface area contributed by atoms with Gasteiger partial charge in [-0.2, -0.15) is 0 Å². The lowest BCUT2D eigenvalue weighted by Gasteiger charge is -2.22. The molecule has 4 nitrogen and oxygen atoms in total. The Morgan fingerprint density at radius 3 is 2.54 bits per heavy atom. The molecule has 2 aromatic carbocycles. The molecule has 0 fully saturated rings. The summed E-state index contributed by atoms with van der Waals surface area (Å²) in [6.45, 7) is 7.72. The molecule has 2 aromatic rings. The van der Waals surface area contributed by atoms with Gasteiger partial charge in [0.1, 0.15) is 5.75 Å². The summed E-state index contributed by atoms with van der Waals surface area (Å²) in [5, 5.41) is 3.40. The minimum atomic E-state index is -0.530. The molecule has 1 unspecified atom stereocenters. The van der Waals surface area contributed by atoms with Gasteiger partial charge >= 0.3 is 6.09 Å². The molecule has 0 saturated carbocycles. The van der Waals surface area contributed by atoms with Gasteiger partial charge in [-0.25, -0.2) is 4.79 Å². The van der Waals surface area contributed by atoms with Gasteiger partial charge in [0.15, 0.2) is 0 Å². The average Bonchev–Trinajstić information content (AvgIpc) is 2.63. The fourth-order valence-corrected chi connectivity index (χ4v) is 2.66. The van der Waals surface area contributed by atoms with E-state index in [0.717, 1.165) is 24.3 Å². The van der Waals surface area contributed by atoms with E-state index < -0.39 is 6.09 Å². The number of carbonyl (C=O) groups is 1. The molecule has 136 valence electrons. The molecule has 2 rings (SSSR count). The van der Waals surface area contributed by atoms with Crippen LogP contribution in [0.3, 0.4) is 0 Å². The van der Waals surface area contributed by atoms with Crippen LogP contribution in [0.15, 0.2) is 48.5 Å². The van der Waals surface area contributed by atoms with Gasteiger partial charge in [-0.3, -0.25) is 0 Å². The summed E-state index contributed by atoms with van der Waals surface area (Å²) in [5.41, 5.74) is 1.81. The molecule has 0 bridgehead atoms. The van der Waals surface area contributed by atoms with E-state index in [0.29, 0.717) is 10.8 Å². The quantitative estimate of drug-likeness (QED) is 0.774. The zero-order valence-corrected chi connectivity index (χ0v) is 16.0. The van der Waals surface area contributed by atoms with Crippen molar-refractivity contribution < 1.29 is 9.53 Å². The largest absolute Gasteiger partial charge is 0.413 e. The van der Waals surface area contributed by atoms with Crippen molar-refractivity contribution in [3.8, 4) is 17.6 Å². The molecule has 0 heterocycles. The number of benzene rings is 2. The summed E-state index contributed by atoms with van der Waals surface area (Å²) in [5.74, 6) is 6.58. The van der Waals surface area contributed by atoms with Gasteiger partial charge in [0.2, 0.25) is 0 Å². The van der Waals surface area contributed by atoms with Gasteiger partial charge in [0, 0.05) is 18.7 Å². The number of rotatable bonds is 5. The molecular weight excluding hydrogens is 348 g/mol. The van der Waals surface area contributed by atoms with Crippen LogP contribution < -0.4 is 15.0 Å². The first-order chi connectivity index (χ1) is 12.5. The molecule has 0 aromatic heterocycles. The van der Waals surface area contributed by atoms with E-state index in [1.54, 1.807) is 31.2 Å². The van der Waals surface area contributed by atoms with Gasteiger partial charge in [-0.05, 0) is 51.1 Å². The molecule has 0 aliphatic rings. The summed E-state index contributed by atoms with van der Waals surface area (Å²) in [7, 11) is 0. The minimum absolute atomic E-state index is 0.348. The van der Waals surface area contributed by atoms with Gasteiger partial charge < -0.3 is 15.0 Å². The van der Waals surface area contributed by atoms with Gasteiger partial charge in [-0.1, -0.05) is 41.6 Å². The van der Waals surface area contributed by atoms with E-state index in [1.165, 1.54) is 0 Å². The summed E-state index contributed by atoms with van der Waals surface area (Å²) in [4.78, 5) is 14.0. The summed E-state index contributed by atoms with van der Waals surface area (Å²) >= 11 is 6.29. The number of amides is 1. The highest BCUT2D eigenvalue weighted by Crippen LogP contribution is 2.26. The number of halogens is 1. The van der Waals surface area contributed by atoms with Crippen molar-refractivity contribution in [1.29, 1.82) is 0 Å². The maximum atomic E-state index is 11.9. The molecule has 0 aliphatic carbocycles. The van der Waals surface area contributed by atoms with E-state index in [9.17, 15) is 4.79 Å². The predicted octanol–water partition coefficient (Wildman–Crippen LogP) is 4.71. The Morgan fingerprint density at radius 2 is 1.88 bits per heavy atom. The number of hydrogen-bond acceptors (Lipinski definition) is 3. The highest BCUT2D eigenvalue weighted by molar-refractivity contribution is 6.33. The number of ether oxygens (including phenoxy) is 1. The maximum Gasteiger partial charge on any atom is 0.413 e. The van der Waals surface area contributed by atoms with Crippen molar-refractivity contribution in [3.05, 3.63) is 59.1 Å². The van der Waals surface area contributed by atoms with E-state index in [4.69, 9.17) is 16.3 Å². The standard InChI is InChI=1S/C21H23ClN2O2/c1-4-24(5-2)20-15-17(13-14-19(20)22)12-11-16(3)23-21(25)26-18-9-7-6-8-10-18/h6-10,13-16H,4-5H2,1-3H3,(H,23,25). The second kappa shape index (κ2) is 9.74. The van der Waals surface area contributed by atoms with Crippen LogP contribution >= 0.6 is 11.6 Å². The van der Waals surface area contributed by atoms with Crippen LogP contribution in [0.1, 0.15) is 26.3 Å². The second-order valence-electron chi connectivity index (χ2n) is 5.68. The fraction of sp³-hybridized carbons (Fsp3) is 0.286. The number of nitrogens with one attached hydrogen (secondary N) is 1. The van der Waals surface area contributed by atoms with Crippen LogP contribution in [0.25, 0.3) is 0 Å².